The van der Waals surface area contributed by atoms with E-state index in [0.717, 1.165) is 23.1 Å². The van der Waals surface area contributed by atoms with E-state index in [4.69, 9.17) is 0 Å². The van der Waals surface area contributed by atoms with Crippen LogP contribution < -0.4 is 0 Å². The molecule has 0 amide bonds. The van der Waals surface area contributed by atoms with Gasteiger partial charge in [0.2, 0.25) is 0 Å². The van der Waals surface area contributed by atoms with Gasteiger partial charge in [0.15, 0.2) is 5.78 Å². The number of carbonyl (C=O) groups is 1. The van der Waals surface area contributed by atoms with Crippen LogP contribution in [0.4, 0.5) is 0 Å². The highest BCUT2D eigenvalue weighted by molar-refractivity contribution is 6.08. The molecule has 0 aromatic heterocycles. The molecule has 0 bridgehead atoms. The van der Waals surface area contributed by atoms with Crippen molar-refractivity contribution < 1.29 is 4.79 Å². The molecule has 0 spiro atoms. The normalized spacial score (nSPS) is 13.0. The summed E-state index contributed by atoms with van der Waals surface area (Å²) in [6.07, 6.45) is 2.81. The molecule has 0 heterocycles. The number of hydrogen-bond acceptors (Lipinski definition) is 1. The highest BCUT2D eigenvalue weighted by atomic mass is 16.1. The van der Waals surface area contributed by atoms with Crippen LogP contribution in [0.15, 0.2) is 66.7 Å². The van der Waals surface area contributed by atoms with Crippen LogP contribution in [0, 0.1) is 5.92 Å². The fraction of sp³-hybridized carbons (Fsp3) is 0.211. The minimum absolute atomic E-state index is 0.0738. The molecule has 0 saturated carbocycles. The second kappa shape index (κ2) is 6.85. The number of ketones is 1. The third kappa shape index (κ3) is 3.45. The molecule has 0 aliphatic rings. The maximum Gasteiger partial charge on any atom is 0.186 e. The first kappa shape index (κ1) is 14.3. The average molecular weight is 264 g/mol. The first-order valence-corrected chi connectivity index (χ1v) is 7.08. The monoisotopic (exact) mass is 264 g/mol. The van der Waals surface area contributed by atoms with Crippen molar-refractivity contribution in [3.05, 3.63) is 77.9 Å². The molecule has 0 aliphatic heterocycles. The quantitative estimate of drug-likeness (QED) is 0.548. The fourth-order valence-corrected chi connectivity index (χ4v) is 2.19. The van der Waals surface area contributed by atoms with Crippen molar-refractivity contribution >= 4 is 11.4 Å². The molecule has 1 nitrogen and oxygen atoms in total. The van der Waals surface area contributed by atoms with E-state index < -0.39 is 0 Å². The molecular formula is C19H20O. The molecule has 0 N–H and O–H groups in total. The Kier molecular flexibility index (Phi) is 4.89. The van der Waals surface area contributed by atoms with E-state index >= 15 is 0 Å². The van der Waals surface area contributed by atoms with Crippen LogP contribution in [0.3, 0.4) is 0 Å². The Bertz CT molecular complexity index is 582. The summed E-state index contributed by atoms with van der Waals surface area (Å²) in [6, 6.07) is 19.6. The lowest BCUT2D eigenvalue weighted by atomic mass is 9.90. The topological polar surface area (TPSA) is 17.1 Å². The summed E-state index contributed by atoms with van der Waals surface area (Å²) in [5, 5.41) is 0. The molecule has 2 aromatic rings. The van der Waals surface area contributed by atoms with Crippen LogP contribution in [-0.4, -0.2) is 5.78 Å². The Labute approximate surface area is 121 Å². The summed E-state index contributed by atoms with van der Waals surface area (Å²) in [5.74, 6) is 0.440. The molecule has 0 fully saturated rings. The predicted octanol–water partition coefficient (Wildman–Crippen LogP) is 5.00. The molecule has 0 saturated heterocycles. The van der Waals surface area contributed by atoms with Crippen LogP contribution in [-0.2, 0) is 0 Å². The van der Waals surface area contributed by atoms with E-state index in [-0.39, 0.29) is 5.78 Å². The number of carbonyl (C=O) groups excluding carboxylic acids is 1. The summed E-state index contributed by atoms with van der Waals surface area (Å²) in [4.78, 5) is 12.4. The Balaban J connectivity index is 2.37. The zero-order valence-electron chi connectivity index (χ0n) is 12.0. The van der Waals surface area contributed by atoms with E-state index in [2.05, 4.69) is 26.0 Å². The zero-order chi connectivity index (χ0) is 14.4. The van der Waals surface area contributed by atoms with Gasteiger partial charge in [-0.3, -0.25) is 4.79 Å². The lowest BCUT2D eigenvalue weighted by molar-refractivity contribution is 0.104. The highest BCUT2D eigenvalue weighted by Gasteiger charge is 2.12. The molecule has 0 aliphatic carbocycles. The predicted molar refractivity (Wildman–Crippen MR) is 84.6 cm³/mol. The molecule has 20 heavy (non-hydrogen) atoms. The number of rotatable bonds is 5. The number of benzene rings is 2. The largest absolute Gasteiger partial charge is 0.289 e. The van der Waals surface area contributed by atoms with Gasteiger partial charge >= 0.3 is 0 Å². The van der Waals surface area contributed by atoms with Crippen molar-refractivity contribution in [3.8, 4) is 0 Å². The summed E-state index contributed by atoms with van der Waals surface area (Å²) < 4.78 is 0. The maximum absolute atomic E-state index is 12.4. The van der Waals surface area contributed by atoms with E-state index in [1.807, 2.05) is 48.5 Å². The summed E-state index contributed by atoms with van der Waals surface area (Å²) in [6.45, 7) is 4.31. The van der Waals surface area contributed by atoms with Gasteiger partial charge in [-0.25, -0.2) is 0 Å². The smallest absolute Gasteiger partial charge is 0.186 e. The minimum Gasteiger partial charge on any atom is -0.289 e. The minimum atomic E-state index is 0.0738. The summed E-state index contributed by atoms with van der Waals surface area (Å²) in [7, 11) is 0. The van der Waals surface area contributed by atoms with Crippen molar-refractivity contribution in [1.82, 2.24) is 0 Å². The van der Waals surface area contributed by atoms with Crippen LogP contribution in [0.5, 0.6) is 0 Å². The molecule has 1 atom stereocenters. The van der Waals surface area contributed by atoms with Gasteiger partial charge in [-0.2, -0.15) is 0 Å². The van der Waals surface area contributed by atoms with Crippen LogP contribution in [0.2, 0.25) is 0 Å². The lowest BCUT2D eigenvalue weighted by Crippen LogP contribution is -2.02. The van der Waals surface area contributed by atoms with Gasteiger partial charge < -0.3 is 0 Å². The Hall–Kier alpha value is -2.15. The van der Waals surface area contributed by atoms with Gasteiger partial charge in [-0.1, -0.05) is 74.5 Å². The van der Waals surface area contributed by atoms with E-state index in [0.29, 0.717) is 5.92 Å². The van der Waals surface area contributed by atoms with Crippen molar-refractivity contribution in [1.29, 1.82) is 0 Å². The third-order valence-electron chi connectivity index (χ3n) is 3.60. The van der Waals surface area contributed by atoms with E-state index in [1.165, 1.54) is 0 Å². The van der Waals surface area contributed by atoms with Crippen LogP contribution in [0.25, 0.3) is 5.57 Å². The first-order chi connectivity index (χ1) is 9.72. The van der Waals surface area contributed by atoms with Gasteiger partial charge in [0.25, 0.3) is 0 Å². The van der Waals surface area contributed by atoms with Gasteiger partial charge in [0, 0.05) is 5.56 Å². The van der Waals surface area contributed by atoms with E-state index in [1.54, 1.807) is 6.08 Å². The average Bonchev–Trinajstić information content (AvgIpc) is 2.53. The molecule has 2 rings (SSSR count). The first-order valence-electron chi connectivity index (χ1n) is 7.08. The molecule has 0 radical (unpaired) electrons. The second-order valence-corrected chi connectivity index (χ2v) is 5.01. The SMILES string of the molecule is CC[C@@H](C)C(=CC(=O)c1ccccc1)c1ccccc1. The second-order valence-electron chi connectivity index (χ2n) is 5.01. The summed E-state index contributed by atoms with van der Waals surface area (Å²) >= 11 is 0. The van der Waals surface area contributed by atoms with E-state index in [9.17, 15) is 4.79 Å². The molecule has 102 valence electrons. The standard InChI is InChI=1S/C19H20O/c1-3-15(2)18(16-10-6-4-7-11-16)14-19(20)17-12-8-5-9-13-17/h4-15H,3H2,1-2H3/t15-/m1/s1. The maximum atomic E-state index is 12.4. The Morgan fingerprint density at radius 3 is 1.95 bits per heavy atom. The number of hydrogen-bond donors (Lipinski definition) is 0. The summed E-state index contributed by atoms with van der Waals surface area (Å²) in [5.41, 5.74) is 2.98. The van der Waals surface area contributed by atoms with Crippen LogP contribution >= 0.6 is 0 Å². The fourth-order valence-electron chi connectivity index (χ4n) is 2.19. The van der Waals surface area contributed by atoms with Gasteiger partial charge in [-0.05, 0) is 29.6 Å². The van der Waals surface area contributed by atoms with Gasteiger partial charge in [-0.15, -0.1) is 0 Å². The highest BCUT2D eigenvalue weighted by Crippen LogP contribution is 2.26. The van der Waals surface area contributed by atoms with Crippen molar-refractivity contribution in [2.75, 3.05) is 0 Å². The van der Waals surface area contributed by atoms with Gasteiger partial charge in [0.1, 0.15) is 0 Å². The lowest BCUT2D eigenvalue weighted by Gasteiger charge is -2.14. The number of allylic oxidation sites excluding steroid dienone is 2. The van der Waals surface area contributed by atoms with Crippen LogP contribution in [0.1, 0.15) is 36.2 Å². The van der Waals surface area contributed by atoms with Crippen molar-refractivity contribution in [2.24, 2.45) is 5.92 Å². The molecule has 0 unspecified atom stereocenters. The Morgan fingerprint density at radius 1 is 0.950 bits per heavy atom. The van der Waals surface area contributed by atoms with Crippen molar-refractivity contribution in [3.63, 3.8) is 0 Å². The molecular weight excluding hydrogens is 244 g/mol. The Morgan fingerprint density at radius 2 is 1.45 bits per heavy atom. The molecule has 2 aromatic carbocycles. The third-order valence-corrected chi connectivity index (χ3v) is 3.60. The zero-order valence-corrected chi connectivity index (χ0v) is 12.0. The van der Waals surface area contributed by atoms with Gasteiger partial charge in [0.05, 0.1) is 0 Å². The van der Waals surface area contributed by atoms with Crippen molar-refractivity contribution in [2.45, 2.75) is 20.3 Å². The molecule has 1 heteroatoms.